The Balaban J connectivity index is 0.00000259. The van der Waals surface area contributed by atoms with E-state index in [4.69, 9.17) is 9.15 Å². The summed E-state index contributed by atoms with van der Waals surface area (Å²) in [6, 6.07) is 15.3. The first kappa shape index (κ1) is 24.0. The van der Waals surface area contributed by atoms with Crippen molar-refractivity contribution in [3.63, 3.8) is 0 Å². The molecular weight excluding hydrogens is 467 g/mol. The molecule has 1 unspecified atom stereocenters. The molecule has 4 aromatic rings. The molecule has 0 radical (unpaired) electrons. The predicted molar refractivity (Wildman–Crippen MR) is 133 cm³/mol. The Morgan fingerprint density at radius 2 is 1.94 bits per heavy atom. The summed E-state index contributed by atoms with van der Waals surface area (Å²) in [5, 5.41) is 5.38. The summed E-state index contributed by atoms with van der Waals surface area (Å²) in [5.41, 5.74) is 2.86. The van der Waals surface area contributed by atoms with E-state index in [9.17, 15) is 9.59 Å². The van der Waals surface area contributed by atoms with Crippen LogP contribution in [0, 0.1) is 6.92 Å². The summed E-state index contributed by atoms with van der Waals surface area (Å²) in [6.45, 7) is 2.39. The van der Waals surface area contributed by atoms with Crippen LogP contribution in [0.4, 0.5) is 4.79 Å². The maximum absolute atomic E-state index is 12.0. The first-order valence-corrected chi connectivity index (χ1v) is 11.9. The van der Waals surface area contributed by atoms with Crippen LogP contribution in [0.5, 0.6) is 5.75 Å². The number of rotatable bonds is 7. The normalized spacial score (nSPS) is 15.5. The van der Waals surface area contributed by atoms with Crippen molar-refractivity contribution in [3.8, 4) is 17.2 Å². The molecule has 0 bridgehead atoms. The molecular formula is C24H21N2NaO4S2. The van der Waals surface area contributed by atoms with E-state index in [0.717, 1.165) is 50.2 Å². The number of nitrogens with zero attached hydrogens (tertiary/aromatic N) is 1. The molecule has 1 amide bonds. The predicted octanol–water partition coefficient (Wildman–Crippen LogP) is 4.73. The summed E-state index contributed by atoms with van der Waals surface area (Å²) in [6.07, 6.45) is 1.11. The number of amides is 1. The fraction of sp³-hybridized carbons (Fsp3) is 0.208. The second kappa shape index (κ2) is 10.4. The van der Waals surface area contributed by atoms with Crippen LogP contribution in [0.2, 0.25) is 0 Å². The van der Waals surface area contributed by atoms with E-state index in [1.807, 2.05) is 60.8 Å². The van der Waals surface area contributed by atoms with Gasteiger partial charge in [-0.2, -0.15) is 0 Å². The van der Waals surface area contributed by atoms with Gasteiger partial charge < -0.3 is 14.5 Å². The number of hydrogen-bond acceptors (Lipinski definition) is 7. The average Bonchev–Trinajstić information content (AvgIpc) is 3.50. The van der Waals surface area contributed by atoms with Crippen LogP contribution < -0.4 is 10.1 Å². The Morgan fingerprint density at radius 3 is 2.70 bits per heavy atom. The molecule has 5 rings (SSSR count). The molecule has 9 heteroatoms. The number of carbonyl (C=O) groups excluding carboxylic acids is 2. The molecule has 164 valence electrons. The number of thiophene rings is 1. The Morgan fingerprint density at radius 1 is 1.12 bits per heavy atom. The van der Waals surface area contributed by atoms with Gasteiger partial charge in [0.25, 0.3) is 5.24 Å². The van der Waals surface area contributed by atoms with Crippen LogP contribution in [-0.4, -0.2) is 57.5 Å². The van der Waals surface area contributed by atoms with Gasteiger partial charge in [-0.1, -0.05) is 24.3 Å². The third-order valence-corrected chi connectivity index (χ3v) is 7.09. The molecule has 1 N–H and O–H groups in total. The van der Waals surface area contributed by atoms with Crippen molar-refractivity contribution in [2.45, 2.75) is 25.8 Å². The van der Waals surface area contributed by atoms with Gasteiger partial charge in [0.1, 0.15) is 17.6 Å². The molecule has 0 saturated carbocycles. The van der Waals surface area contributed by atoms with E-state index in [0.29, 0.717) is 25.3 Å². The van der Waals surface area contributed by atoms with Crippen molar-refractivity contribution in [3.05, 3.63) is 70.9 Å². The van der Waals surface area contributed by atoms with Crippen LogP contribution >= 0.6 is 23.1 Å². The van der Waals surface area contributed by atoms with Gasteiger partial charge in [0, 0.05) is 30.2 Å². The summed E-state index contributed by atoms with van der Waals surface area (Å²) in [4.78, 5) is 28.1. The van der Waals surface area contributed by atoms with E-state index >= 15 is 0 Å². The zero-order valence-corrected chi connectivity index (χ0v) is 18.9. The van der Waals surface area contributed by atoms with Crippen LogP contribution in [0.1, 0.15) is 17.0 Å². The van der Waals surface area contributed by atoms with Crippen molar-refractivity contribution >= 4 is 73.1 Å². The summed E-state index contributed by atoms with van der Waals surface area (Å²) < 4.78 is 13.0. The molecule has 6 nitrogen and oxygen atoms in total. The first-order valence-electron chi connectivity index (χ1n) is 10.2. The number of aromatic nitrogens is 1. The maximum atomic E-state index is 12.0. The number of aryl methyl sites for hydroxylation is 1. The molecule has 2 aromatic heterocycles. The molecule has 1 aliphatic rings. The fourth-order valence-electron chi connectivity index (χ4n) is 3.76. The molecule has 0 spiro atoms. The van der Waals surface area contributed by atoms with E-state index in [1.54, 1.807) is 11.3 Å². The molecule has 1 saturated heterocycles. The Labute approximate surface area is 221 Å². The fourth-order valence-corrected chi connectivity index (χ4v) is 5.33. The van der Waals surface area contributed by atoms with Gasteiger partial charge >= 0.3 is 29.6 Å². The number of benzene rings is 2. The Hall–Kier alpha value is -2.10. The van der Waals surface area contributed by atoms with Crippen LogP contribution in [0.3, 0.4) is 0 Å². The summed E-state index contributed by atoms with van der Waals surface area (Å²) in [7, 11) is 0. The van der Waals surface area contributed by atoms with E-state index in [2.05, 4.69) is 10.3 Å². The quantitative estimate of drug-likeness (QED) is 0.379. The van der Waals surface area contributed by atoms with Gasteiger partial charge in [-0.25, -0.2) is 4.98 Å². The van der Waals surface area contributed by atoms with Gasteiger partial charge in [-0.15, -0.1) is 11.3 Å². The first-order chi connectivity index (χ1) is 15.6. The van der Waals surface area contributed by atoms with Crippen molar-refractivity contribution in [1.82, 2.24) is 10.3 Å². The van der Waals surface area contributed by atoms with Crippen LogP contribution in [0.15, 0.2) is 58.3 Å². The number of oxazole rings is 1. The number of nitrogens with one attached hydrogen (secondary N) is 1. The second-order valence-corrected chi connectivity index (χ2v) is 9.38. The number of carbonyl (C=O) groups is 2. The molecule has 0 aliphatic carbocycles. The third-order valence-electron chi connectivity index (χ3n) is 5.37. The summed E-state index contributed by atoms with van der Waals surface area (Å²) in [5.74, 6) is 2.22. The molecule has 3 heterocycles. The number of ether oxygens (including phenoxy) is 1. The third kappa shape index (κ3) is 5.20. The molecule has 33 heavy (non-hydrogen) atoms. The monoisotopic (exact) mass is 488 g/mol. The number of hydrogen-bond donors (Lipinski definition) is 1. The Bertz CT molecular complexity index is 1300. The van der Waals surface area contributed by atoms with Crippen molar-refractivity contribution in [1.29, 1.82) is 0 Å². The minimum atomic E-state index is -0.476. The summed E-state index contributed by atoms with van der Waals surface area (Å²) >= 11 is 2.35. The van der Waals surface area contributed by atoms with E-state index in [1.165, 1.54) is 0 Å². The van der Waals surface area contributed by atoms with Gasteiger partial charge in [-0.3, -0.25) is 9.59 Å². The van der Waals surface area contributed by atoms with Crippen molar-refractivity contribution < 1.29 is 18.7 Å². The van der Waals surface area contributed by atoms with E-state index < -0.39 is 6.04 Å². The zero-order chi connectivity index (χ0) is 22.1. The van der Waals surface area contributed by atoms with Gasteiger partial charge in [0.05, 0.1) is 17.0 Å². The second-order valence-electron chi connectivity index (χ2n) is 7.48. The van der Waals surface area contributed by atoms with Crippen molar-refractivity contribution in [2.24, 2.45) is 0 Å². The van der Waals surface area contributed by atoms with Crippen LogP contribution in [-0.2, 0) is 17.6 Å². The molecule has 1 fully saturated rings. The zero-order valence-electron chi connectivity index (χ0n) is 17.3. The molecule has 1 atom stereocenters. The van der Waals surface area contributed by atoms with Crippen LogP contribution in [0.25, 0.3) is 21.5 Å². The standard InChI is InChI=1S/C24H20N2O4S2.Na.H/c1-14-18(25-22(30-14)15-5-3-2-4-6-15)9-11-29-20-8-7-16(17-10-12-31-21(17)20)13-19-23(27)32-24(28)26-19;;/h2-8,10,12,19H,9,11,13H2,1H3,(H,26,28);;. The van der Waals surface area contributed by atoms with Gasteiger partial charge in [0.2, 0.25) is 11.0 Å². The van der Waals surface area contributed by atoms with Gasteiger partial charge in [-0.05, 0) is 47.5 Å². The molecule has 1 aliphatic heterocycles. The average molecular weight is 489 g/mol. The number of thioether (sulfide) groups is 1. The number of fused-ring (bicyclic) bond motifs is 1. The Kier molecular flexibility index (Phi) is 7.61. The van der Waals surface area contributed by atoms with Crippen molar-refractivity contribution in [2.75, 3.05) is 6.61 Å². The topological polar surface area (TPSA) is 81.4 Å². The van der Waals surface area contributed by atoms with E-state index in [-0.39, 0.29) is 39.9 Å². The van der Waals surface area contributed by atoms with Gasteiger partial charge in [0.15, 0.2) is 0 Å². The minimum absolute atomic E-state index is 0. The SMILES string of the molecule is Cc1oc(-c2ccccc2)nc1CCOc1ccc(CC2NC(=O)SC2=O)c2ccsc12.[NaH]. The molecule has 2 aromatic carbocycles.